The van der Waals surface area contributed by atoms with Gasteiger partial charge in [0.05, 0.1) is 13.7 Å². The van der Waals surface area contributed by atoms with E-state index in [1.807, 2.05) is 30.0 Å². The molecule has 2 aliphatic rings. The Morgan fingerprint density at radius 2 is 1.73 bits per heavy atom. The molecule has 0 aromatic heterocycles. The van der Waals surface area contributed by atoms with E-state index in [1.54, 1.807) is 12.0 Å². The number of carbonyl (C=O) groups excluding carboxylic acids is 2. The molecule has 1 aromatic carbocycles. The number of hydrogen-bond donors (Lipinski definition) is 0. The van der Waals surface area contributed by atoms with E-state index in [9.17, 15) is 9.59 Å². The van der Waals surface area contributed by atoms with E-state index in [0.29, 0.717) is 24.7 Å². The summed E-state index contributed by atoms with van der Waals surface area (Å²) < 4.78 is 11.3. The number of amides is 2. The van der Waals surface area contributed by atoms with Crippen molar-refractivity contribution < 1.29 is 19.1 Å². The van der Waals surface area contributed by atoms with Crippen molar-refractivity contribution >= 4 is 11.8 Å². The van der Waals surface area contributed by atoms with Crippen molar-refractivity contribution in [3.8, 4) is 11.5 Å². The second-order valence-electron chi connectivity index (χ2n) is 8.36. The van der Waals surface area contributed by atoms with Crippen LogP contribution in [0.15, 0.2) is 18.2 Å². The lowest BCUT2D eigenvalue weighted by atomic mass is 9.97. The van der Waals surface area contributed by atoms with E-state index < -0.39 is 6.04 Å². The van der Waals surface area contributed by atoms with Crippen molar-refractivity contribution in [1.29, 1.82) is 0 Å². The van der Waals surface area contributed by atoms with Gasteiger partial charge in [-0.1, -0.05) is 45.6 Å². The number of hydrogen-bond acceptors (Lipinski definition) is 4. The second-order valence-corrected chi connectivity index (χ2v) is 8.36. The highest BCUT2D eigenvalue weighted by atomic mass is 16.5. The quantitative estimate of drug-likeness (QED) is 0.592. The van der Waals surface area contributed by atoms with Crippen LogP contribution in [-0.4, -0.2) is 54.5 Å². The fourth-order valence-corrected chi connectivity index (χ4v) is 4.63. The van der Waals surface area contributed by atoms with Crippen molar-refractivity contribution in [1.82, 2.24) is 9.80 Å². The van der Waals surface area contributed by atoms with Crippen LogP contribution in [0.1, 0.15) is 76.8 Å². The normalized spacial score (nSPS) is 21.0. The fourth-order valence-electron chi connectivity index (χ4n) is 4.63. The number of rotatable bonds is 8. The molecule has 1 heterocycles. The van der Waals surface area contributed by atoms with Crippen molar-refractivity contribution in [3.05, 3.63) is 23.8 Å². The summed E-state index contributed by atoms with van der Waals surface area (Å²) in [5.41, 5.74) is 0.792. The lowest BCUT2D eigenvalue weighted by Crippen LogP contribution is -2.58. The summed E-state index contributed by atoms with van der Waals surface area (Å²) in [5.74, 6) is 1.35. The molecule has 6 nitrogen and oxygen atoms in total. The van der Waals surface area contributed by atoms with Gasteiger partial charge in [-0.05, 0) is 43.4 Å². The van der Waals surface area contributed by atoms with Gasteiger partial charge in [0.2, 0.25) is 5.91 Å². The first-order valence-corrected chi connectivity index (χ1v) is 11.5. The Morgan fingerprint density at radius 1 is 1.00 bits per heavy atom. The zero-order valence-electron chi connectivity index (χ0n) is 18.7. The van der Waals surface area contributed by atoms with Crippen LogP contribution in [-0.2, 0) is 9.59 Å². The van der Waals surface area contributed by atoms with Gasteiger partial charge in [-0.15, -0.1) is 0 Å². The lowest BCUT2D eigenvalue weighted by molar-refractivity contribution is -0.159. The van der Waals surface area contributed by atoms with Crippen LogP contribution >= 0.6 is 0 Å². The highest BCUT2D eigenvalue weighted by Gasteiger charge is 2.42. The van der Waals surface area contributed by atoms with Crippen LogP contribution in [0, 0.1) is 0 Å². The molecule has 2 amide bonds. The minimum atomic E-state index is -0.594. The molecule has 0 N–H and O–H groups in total. The summed E-state index contributed by atoms with van der Waals surface area (Å²) in [7, 11) is 1.60. The molecule has 166 valence electrons. The molecule has 0 unspecified atom stereocenters. The van der Waals surface area contributed by atoms with E-state index in [4.69, 9.17) is 9.47 Å². The van der Waals surface area contributed by atoms with E-state index >= 15 is 0 Å². The Bertz CT molecular complexity index is 728. The van der Waals surface area contributed by atoms with Gasteiger partial charge in [-0.25, -0.2) is 0 Å². The molecule has 0 bridgehead atoms. The monoisotopic (exact) mass is 416 g/mol. The zero-order valence-corrected chi connectivity index (χ0v) is 18.7. The van der Waals surface area contributed by atoms with Gasteiger partial charge in [-0.3, -0.25) is 9.59 Å². The van der Waals surface area contributed by atoms with E-state index in [1.165, 1.54) is 12.8 Å². The molecule has 1 aliphatic carbocycles. The first-order chi connectivity index (χ1) is 14.6. The highest BCUT2D eigenvalue weighted by molar-refractivity contribution is 5.96. The molecule has 1 atom stereocenters. The summed E-state index contributed by atoms with van der Waals surface area (Å²) in [6.45, 7) is 5.47. The van der Waals surface area contributed by atoms with Crippen molar-refractivity contribution in [2.24, 2.45) is 0 Å². The van der Waals surface area contributed by atoms with Gasteiger partial charge < -0.3 is 19.3 Å². The maximum Gasteiger partial charge on any atom is 0.250 e. The molecule has 30 heavy (non-hydrogen) atoms. The number of nitrogens with zero attached hydrogens (tertiary/aromatic N) is 2. The van der Waals surface area contributed by atoms with Crippen LogP contribution < -0.4 is 9.47 Å². The summed E-state index contributed by atoms with van der Waals surface area (Å²) >= 11 is 0. The molecular formula is C24H36N2O4. The molecule has 1 aliphatic heterocycles. The minimum absolute atomic E-state index is 0.0379. The van der Waals surface area contributed by atoms with Gasteiger partial charge in [0.25, 0.3) is 5.91 Å². The Morgan fingerprint density at radius 3 is 2.37 bits per heavy atom. The molecule has 6 heteroatoms. The standard InChI is InChI=1S/C24H36N2O4/c1-4-14-25-22(27)17-26(19-10-8-6-7-9-11-19)24(28)23(25)18-12-13-20(30-15-5-2)21(16-18)29-3/h12-13,16,19,23H,4-11,14-15,17H2,1-3H3/t23-/m1/s1. The van der Waals surface area contributed by atoms with Crippen molar-refractivity contribution in [2.75, 3.05) is 26.8 Å². The average molecular weight is 417 g/mol. The number of methoxy groups -OCH3 is 1. The predicted molar refractivity (Wildman–Crippen MR) is 117 cm³/mol. The Hall–Kier alpha value is -2.24. The van der Waals surface area contributed by atoms with Crippen LogP contribution in [0.4, 0.5) is 0 Å². The Labute approximate surface area is 180 Å². The first-order valence-electron chi connectivity index (χ1n) is 11.5. The van der Waals surface area contributed by atoms with Crippen molar-refractivity contribution in [3.63, 3.8) is 0 Å². The molecule has 0 radical (unpaired) electrons. The van der Waals surface area contributed by atoms with E-state index in [2.05, 4.69) is 6.92 Å². The Kier molecular flexibility index (Phi) is 8.00. The van der Waals surface area contributed by atoms with Crippen LogP contribution in [0.3, 0.4) is 0 Å². The van der Waals surface area contributed by atoms with Crippen molar-refractivity contribution in [2.45, 2.75) is 77.3 Å². The largest absolute Gasteiger partial charge is 0.493 e. The summed E-state index contributed by atoms with van der Waals surface area (Å²) in [4.78, 5) is 30.4. The third-order valence-electron chi connectivity index (χ3n) is 6.15. The van der Waals surface area contributed by atoms with Gasteiger partial charge in [0, 0.05) is 12.6 Å². The number of benzene rings is 1. The number of carbonyl (C=O) groups is 2. The maximum atomic E-state index is 13.7. The topological polar surface area (TPSA) is 59.1 Å². The highest BCUT2D eigenvalue weighted by Crippen LogP contribution is 2.36. The van der Waals surface area contributed by atoms with Crippen LogP contribution in [0.25, 0.3) is 0 Å². The molecule has 3 rings (SSSR count). The zero-order chi connectivity index (χ0) is 21.5. The van der Waals surface area contributed by atoms with Crippen LogP contribution in [0.2, 0.25) is 0 Å². The van der Waals surface area contributed by atoms with Crippen LogP contribution in [0.5, 0.6) is 11.5 Å². The summed E-state index contributed by atoms with van der Waals surface area (Å²) in [6, 6.07) is 5.20. The van der Waals surface area contributed by atoms with E-state index in [0.717, 1.165) is 44.1 Å². The smallest absolute Gasteiger partial charge is 0.250 e. The third-order valence-corrected chi connectivity index (χ3v) is 6.15. The molecular weight excluding hydrogens is 380 g/mol. The molecule has 1 saturated carbocycles. The molecule has 0 spiro atoms. The second kappa shape index (κ2) is 10.7. The molecule has 1 saturated heterocycles. The summed E-state index contributed by atoms with van der Waals surface area (Å²) in [6.07, 6.45) is 8.39. The lowest BCUT2D eigenvalue weighted by Gasteiger charge is -2.43. The SMILES string of the molecule is CCCOc1ccc([C@@H]2C(=O)N(C3CCCCCC3)CC(=O)N2CCC)cc1OC. The average Bonchev–Trinajstić information content (AvgIpc) is 3.04. The fraction of sp³-hybridized carbons (Fsp3) is 0.667. The van der Waals surface area contributed by atoms with Gasteiger partial charge in [0.15, 0.2) is 11.5 Å². The summed E-state index contributed by atoms with van der Waals surface area (Å²) in [5, 5.41) is 0. The predicted octanol–water partition coefficient (Wildman–Crippen LogP) is 4.33. The molecule has 2 fully saturated rings. The first kappa shape index (κ1) is 22.4. The molecule has 1 aromatic rings. The minimum Gasteiger partial charge on any atom is -0.493 e. The maximum absolute atomic E-state index is 13.7. The number of ether oxygens (including phenoxy) is 2. The number of piperazine rings is 1. The third kappa shape index (κ3) is 4.90. The van der Waals surface area contributed by atoms with E-state index in [-0.39, 0.29) is 24.4 Å². The van der Waals surface area contributed by atoms with Gasteiger partial charge >= 0.3 is 0 Å². The van der Waals surface area contributed by atoms with Gasteiger partial charge in [-0.2, -0.15) is 0 Å². The Balaban J connectivity index is 1.93. The van der Waals surface area contributed by atoms with Gasteiger partial charge in [0.1, 0.15) is 12.6 Å².